The first-order valence-electron chi connectivity index (χ1n) is 16.5. The van der Waals surface area contributed by atoms with E-state index in [0.29, 0.717) is 0 Å². The highest BCUT2D eigenvalue weighted by atomic mass is 16.1. The number of allylic oxidation sites excluding steroid dienone is 4. The average Bonchev–Trinajstić information content (AvgIpc) is 2.91. The summed E-state index contributed by atoms with van der Waals surface area (Å²) in [4.78, 5) is 12.1. The van der Waals surface area contributed by atoms with Crippen LogP contribution >= 0.6 is 0 Å². The number of hydrogen-bond acceptors (Lipinski definition) is 2. The van der Waals surface area contributed by atoms with Gasteiger partial charge in [0, 0.05) is 5.92 Å². The summed E-state index contributed by atoms with van der Waals surface area (Å²) in [6, 6.07) is 1.91. The largest absolute Gasteiger partial charge is 0.282 e. The molecule has 0 spiro atoms. The van der Waals surface area contributed by atoms with E-state index < -0.39 is 0 Å². The van der Waals surface area contributed by atoms with Gasteiger partial charge in [-0.1, -0.05) is 141 Å². The highest BCUT2D eigenvalue weighted by molar-refractivity contribution is 5.95. The third-order valence-corrected chi connectivity index (χ3v) is 7.61. The molecule has 0 rings (SSSR count). The van der Waals surface area contributed by atoms with Gasteiger partial charge in [-0.05, 0) is 64.2 Å². The van der Waals surface area contributed by atoms with Crippen molar-refractivity contribution in [3.05, 3.63) is 24.3 Å². The Kier molecular flexibility index (Phi) is 29.7. The second-order valence-corrected chi connectivity index (χ2v) is 11.2. The zero-order valence-corrected chi connectivity index (χ0v) is 25.1. The van der Waals surface area contributed by atoms with Crippen molar-refractivity contribution in [1.29, 1.82) is 5.26 Å². The van der Waals surface area contributed by atoms with Gasteiger partial charge in [0.1, 0.15) is 6.07 Å². The molecule has 2 heteroatoms. The van der Waals surface area contributed by atoms with Crippen molar-refractivity contribution in [3.63, 3.8) is 0 Å². The highest BCUT2D eigenvalue weighted by Gasteiger charge is 2.16. The maximum Gasteiger partial charge on any atom is 0.234 e. The fourth-order valence-corrected chi connectivity index (χ4v) is 5.07. The number of hydrogen-bond donors (Lipinski definition) is 0. The molecule has 0 heterocycles. The van der Waals surface area contributed by atoms with Gasteiger partial charge in [-0.2, -0.15) is 5.26 Å². The zero-order valence-electron chi connectivity index (χ0n) is 25.1. The van der Waals surface area contributed by atoms with E-state index in [1.165, 1.54) is 141 Å². The molecule has 0 aromatic carbocycles. The summed E-state index contributed by atoms with van der Waals surface area (Å²) in [6.07, 6.45) is 42.1. The van der Waals surface area contributed by atoms with Crippen LogP contribution in [0.3, 0.4) is 0 Å². The predicted octanol–water partition coefficient (Wildman–Crippen LogP) is 12.0. The van der Waals surface area contributed by atoms with Gasteiger partial charge >= 0.3 is 0 Å². The van der Waals surface area contributed by atoms with Gasteiger partial charge in [0.2, 0.25) is 5.78 Å². The van der Waals surface area contributed by atoms with Gasteiger partial charge in [0.05, 0.1) is 0 Å². The van der Waals surface area contributed by atoms with Crippen LogP contribution in [0.15, 0.2) is 24.3 Å². The molecule has 0 aliphatic heterocycles. The summed E-state index contributed by atoms with van der Waals surface area (Å²) < 4.78 is 0. The standard InChI is InChI=1S/C35H63NO/c1-3-5-7-9-11-13-15-17-18-19-20-22-24-26-28-30-32-34(35(37)33-36)31-29-27-25-23-21-16-14-12-10-8-6-4-2/h14,16-18,34H,3-13,15,19-32H2,1-2H3/b16-14-,18-17-. The van der Waals surface area contributed by atoms with Crippen LogP contribution in [0.5, 0.6) is 0 Å². The Hall–Kier alpha value is -1.36. The van der Waals surface area contributed by atoms with E-state index in [2.05, 4.69) is 38.2 Å². The molecule has 0 saturated heterocycles. The van der Waals surface area contributed by atoms with Crippen LogP contribution in [-0.2, 0) is 4.79 Å². The molecule has 0 aromatic rings. The molecule has 37 heavy (non-hydrogen) atoms. The number of Topliss-reactive ketones (excluding diaryl/α,β-unsaturated/α-hetero) is 1. The lowest BCUT2D eigenvalue weighted by Crippen LogP contribution is -2.12. The third-order valence-electron chi connectivity index (χ3n) is 7.61. The molecule has 0 amide bonds. The average molecular weight is 514 g/mol. The zero-order chi connectivity index (χ0) is 27.1. The summed E-state index contributed by atoms with van der Waals surface area (Å²) in [6.45, 7) is 4.53. The molecule has 0 aliphatic rings. The number of ketones is 1. The first-order chi connectivity index (χ1) is 18.3. The van der Waals surface area contributed by atoms with Crippen molar-refractivity contribution in [2.75, 3.05) is 0 Å². The summed E-state index contributed by atoms with van der Waals surface area (Å²) in [5.74, 6) is -0.205. The molecule has 1 atom stereocenters. The van der Waals surface area contributed by atoms with Crippen LogP contribution in [0.1, 0.15) is 181 Å². The summed E-state index contributed by atoms with van der Waals surface area (Å²) >= 11 is 0. The second-order valence-electron chi connectivity index (χ2n) is 11.2. The van der Waals surface area contributed by atoms with Crippen molar-refractivity contribution in [1.82, 2.24) is 0 Å². The monoisotopic (exact) mass is 513 g/mol. The molecular formula is C35H63NO. The topological polar surface area (TPSA) is 40.9 Å². The highest BCUT2D eigenvalue weighted by Crippen LogP contribution is 2.20. The lowest BCUT2D eigenvalue weighted by Gasteiger charge is -2.12. The van der Waals surface area contributed by atoms with E-state index >= 15 is 0 Å². The number of carbonyl (C=O) groups excluding carboxylic acids is 1. The second kappa shape index (κ2) is 30.9. The molecule has 0 fully saturated rings. The number of unbranched alkanes of at least 4 members (excludes halogenated alkanes) is 20. The van der Waals surface area contributed by atoms with Gasteiger partial charge < -0.3 is 0 Å². The Labute approximate surface area is 232 Å². The van der Waals surface area contributed by atoms with Gasteiger partial charge in [-0.15, -0.1) is 0 Å². The Morgan fingerprint density at radius 3 is 1.16 bits per heavy atom. The van der Waals surface area contributed by atoms with Gasteiger partial charge in [-0.3, -0.25) is 4.79 Å². The molecular weight excluding hydrogens is 450 g/mol. The Morgan fingerprint density at radius 1 is 0.514 bits per heavy atom. The smallest absolute Gasteiger partial charge is 0.234 e. The Morgan fingerprint density at radius 2 is 0.811 bits per heavy atom. The van der Waals surface area contributed by atoms with Crippen LogP contribution < -0.4 is 0 Å². The van der Waals surface area contributed by atoms with Crippen LogP contribution in [-0.4, -0.2) is 5.78 Å². The van der Waals surface area contributed by atoms with E-state index in [1.54, 1.807) is 0 Å². The number of carbonyl (C=O) groups is 1. The summed E-state index contributed by atoms with van der Waals surface area (Å²) in [5, 5.41) is 9.12. The van der Waals surface area contributed by atoms with Crippen LogP contribution in [0, 0.1) is 17.2 Å². The maximum absolute atomic E-state index is 12.1. The fourth-order valence-electron chi connectivity index (χ4n) is 5.07. The molecule has 1 unspecified atom stereocenters. The Balaban J connectivity index is 3.62. The number of nitrogens with zero attached hydrogens (tertiary/aromatic N) is 1. The maximum atomic E-state index is 12.1. The van der Waals surface area contributed by atoms with Crippen LogP contribution in [0.25, 0.3) is 0 Å². The minimum Gasteiger partial charge on any atom is -0.282 e. The summed E-state index contributed by atoms with van der Waals surface area (Å²) in [5.41, 5.74) is 0. The van der Waals surface area contributed by atoms with Crippen molar-refractivity contribution in [2.24, 2.45) is 5.92 Å². The first-order valence-corrected chi connectivity index (χ1v) is 16.5. The van der Waals surface area contributed by atoms with Crippen LogP contribution in [0.4, 0.5) is 0 Å². The molecule has 0 aliphatic carbocycles. The SMILES string of the molecule is CCCCCC/C=C\CCCCCCC(CCCCCCCC/C=C\CCCCCCCC)C(=O)C#N. The van der Waals surface area contributed by atoms with Gasteiger partial charge in [0.25, 0.3) is 0 Å². The van der Waals surface area contributed by atoms with E-state index in [1.807, 2.05) is 6.07 Å². The molecule has 0 radical (unpaired) electrons. The normalized spacial score (nSPS) is 12.5. The molecule has 214 valence electrons. The molecule has 0 bridgehead atoms. The van der Waals surface area contributed by atoms with Crippen molar-refractivity contribution in [2.45, 2.75) is 181 Å². The lowest BCUT2D eigenvalue weighted by molar-refractivity contribution is -0.118. The minimum atomic E-state index is -0.182. The number of nitriles is 1. The lowest BCUT2D eigenvalue weighted by atomic mass is 9.91. The van der Waals surface area contributed by atoms with Crippen molar-refractivity contribution < 1.29 is 4.79 Å². The molecule has 0 N–H and O–H groups in total. The van der Waals surface area contributed by atoms with E-state index in [4.69, 9.17) is 5.26 Å². The first kappa shape index (κ1) is 35.6. The van der Waals surface area contributed by atoms with Crippen molar-refractivity contribution >= 4 is 5.78 Å². The quantitative estimate of drug-likeness (QED) is 0.0566. The predicted molar refractivity (Wildman–Crippen MR) is 164 cm³/mol. The van der Waals surface area contributed by atoms with Crippen LogP contribution in [0.2, 0.25) is 0 Å². The van der Waals surface area contributed by atoms with Gasteiger partial charge in [0.15, 0.2) is 0 Å². The van der Waals surface area contributed by atoms with Crippen molar-refractivity contribution in [3.8, 4) is 6.07 Å². The summed E-state index contributed by atoms with van der Waals surface area (Å²) in [7, 11) is 0. The van der Waals surface area contributed by atoms with E-state index in [0.717, 1.165) is 25.7 Å². The number of rotatable bonds is 29. The van der Waals surface area contributed by atoms with E-state index in [-0.39, 0.29) is 11.7 Å². The fraction of sp³-hybridized carbons (Fsp3) is 0.829. The Bertz CT molecular complexity index is 570. The molecule has 0 saturated carbocycles. The van der Waals surface area contributed by atoms with Gasteiger partial charge in [-0.25, -0.2) is 0 Å². The molecule has 2 nitrogen and oxygen atoms in total. The minimum absolute atomic E-state index is 0.0233. The van der Waals surface area contributed by atoms with E-state index in [9.17, 15) is 4.79 Å². The third kappa shape index (κ3) is 27.5. The molecule has 0 aromatic heterocycles.